The predicted octanol–water partition coefficient (Wildman–Crippen LogP) is 6.08. The highest BCUT2D eigenvalue weighted by Crippen LogP contribution is 2.41. The minimum Gasteiger partial charge on any atom is -0.344 e. The van der Waals surface area contributed by atoms with Gasteiger partial charge in [0.2, 0.25) is 17.7 Å². The first-order valence-electron chi connectivity index (χ1n) is 12.9. The second kappa shape index (κ2) is 12.9. The maximum atomic E-state index is 13.8. The number of carbonyl (C=O) groups is 3. The summed E-state index contributed by atoms with van der Waals surface area (Å²) in [6.45, 7) is 2.00. The normalized spacial score (nSPS) is 16.5. The lowest BCUT2D eigenvalue weighted by Gasteiger charge is -2.16. The SMILES string of the molecule is C[C@H](NC(=O)Cc1ccccc1)C(=O)Nc1ccc(C2SC(=Nc3cccc(F)c3)N(Cc3cccs3)C2=O)cc1. The van der Waals surface area contributed by atoms with Crippen molar-refractivity contribution in [3.05, 3.63) is 118 Å². The number of amidine groups is 1. The molecule has 1 saturated heterocycles. The molecule has 0 aliphatic carbocycles. The van der Waals surface area contributed by atoms with E-state index in [1.165, 1.54) is 23.9 Å². The summed E-state index contributed by atoms with van der Waals surface area (Å²) in [5, 5.41) is 7.44. The standard InChI is InChI=1S/C31H27FN4O3S2/c1-20(33-27(37)17-21-7-3-2-4-8-21)29(38)34-24-14-12-22(13-15-24)28-30(39)36(19-26-11-6-16-40-26)31(41-28)35-25-10-5-9-23(32)18-25/h2-16,18,20,28H,17,19H2,1H3,(H,33,37)(H,34,38)/t20-,28?/m0/s1. The van der Waals surface area contributed by atoms with Crippen molar-refractivity contribution in [3.8, 4) is 0 Å². The number of anilines is 1. The number of hydrogen-bond donors (Lipinski definition) is 2. The molecule has 10 heteroatoms. The van der Waals surface area contributed by atoms with Gasteiger partial charge in [-0.2, -0.15) is 0 Å². The Hall–Kier alpha value is -4.28. The fourth-order valence-electron chi connectivity index (χ4n) is 4.24. The number of benzene rings is 3. The van der Waals surface area contributed by atoms with Crippen LogP contribution < -0.4 is 10.6 Å². The van der Waals surface area contributed by atoms with E-state index in [4.69, 9.17) is 0 Å². The van der Waals surface area contributed by atoms with Crippen LogP contribution >= 0.6 is 23.1 Å². The summed E-state index contributed by atoms with van der Waals surface area (Å²) in [5.74, 6) is -1.11. The third-order valence-electron chi connectivity index (χ3n) is 6.33. The average molecular weight is 587 g/mol. The van der Waals surface area contributed by atoms with Gasteiger partial charge in [-0.15, -0.1) is 11.3 Å². The monoisotopic (exact) mass is 586 g/mol. The molecular formula is C31H27FN4O3S2. The Bertz CT molecular complexity index is 1560. The zero-order valence-corrected chi connectivity index (χ0v) is 23.8. The molecule has 2 heterocycles. The van der Waals surface area contributed by atoms with Gasteiger partial charge in [0.1, 0.15) is 17.1 Å². The number of nitrogens with zero attached hydrogens (tertiary/aromatic N) is 2. The number of carbonyl (C=O) groups excluding carboxylic acids is 3. The van der Waals surface area contributed by atoms with Crippen LogP contribution in [-0.2, 0) is 27.3 Å². The third kappa shape index (κ3) is 7.27. The molecule has 1 unspecified atom stereocenters. The minimum atomic E-state index is -0.731. The molecular weight excluding hydrogens is 559 g/mol. The van der Waals surface area contributed by atoms with Gasteiger partial charge >= 0.3 is 0 Å². The molecule has 7 nitrogen and oxygen atoms in total. The van der Waals surface area contributed by atoms with Gasteiger partial charge in [0.05, 0.1) is 18.7 Å². The van der Waals surface area contributed by atoms with Crippen LogP contribution in [0.1, 0.15) is 28.2 Å². The van der Waals surface area contributed by atoms with Crippen molar-refractivity contribution in [3.63, 3.8) is 0 Å². The van der Waals surface area contributed by atoms with Crippen LogP contribution in [-0.4, -0.2) is 33.8 Å². The molecule has 0 spiro atoms. The average Bonchev–Trinajstić information content (AvgIpc) is 3.58. The van der Waals surface area contributed by atoms with Crippen LogP contribution in [0, 0.1) is 5.82 Å². The fraction of sp³-hybridized carbons (Fsp3) is 0.161. The second-order valence-electron chi connectivity index (χ2n) is 9.44. The van der Waals surface area contributed by atoms with E-state index in [1.54, 1.807) is 59.6 Å². The Labute approximate surface area is 245 Å². The van der Waals surface area contributed by atoms with Crippen molar-refractivity contribution < 1.29 is 18.8 Å². The van der Waals surface area contributed by atoms with Gasteiger partial charge in [0.25, 0.3) is 0 Å². The maximum absolute atomic E-state index is 13.8. The smallest absolute Gasteiger partial charge is 0.246 e. The summed E-state index contributed by atoms with van der Waals surface area (Å²) in [5.41, 5.74) is 2.59. The summed E-state index contributed by atoms with van der Waals surface area (Å²) in [4.78, 5) is 45.8. The van der Waals surface area contributed by atoms with Crippen molar-refractivity contribution in [1.29, 1.82) is 0 Å². The van der Waals surface area contributed by atoms with Crippen LogP contribution in [0.5, 0.6) is 0 Å². The van der Waals surface area contributed by atoms with Crippen molar-refractivity contribution >= 4 is 57.4 Å². The van der Waals surface area contributed by atoms with Gasteiger partial charge in [-0.25, -0.2) is 9.38 Å². The van der Waals surface area contributed by atoms with Crippen LogP contribution in [0.25, 0.3) is 0 Å². The highest BCUT2D eigenvalue weighted by Gasteiger charge is 2.39. The number of aliphatic imine (C=N–C) groups is 1. The third-order valence-corrected chi connectivity index (χ3v) is 8.42. The number of thioether (sulfide) groups is 1. The highest BCUT2D eigenvalue weighted by molar-refractivity contribution is 8.15. The first-order valence-corrected chi connectivity index (χ1v) is 14.7. The summed E-state index contributed by atoms with van der Waals surface area (Å²) in [6, 6.07) is 25.5. The lowest BCUT2D eigenvalue weighted by atomic mass is 10.1. The van der Waals surface area contributed by atoms with Gasteiger partial charge in [-0.3, -0.25) is 19.3 Å². The number of rotatable bonds is 9. The summed E-state index contributed by atoms with van der Waals surface area (Å²) in [7, 11) is 0. The van der Waals surface area contributed by atoms with E-state index in [2.05, 4.69) is 15.6 Å². The van der Waals surface area contributed by atoms with Gasteiger partial charge in [-0.1, -0.05) is 66.4 Å². The Balaban J connectivity index is 1.25. The Kier molecular flexibility index (Phi) is 8.91. The van der Waals surface area contributed by atoms with Gasteiger partial charge in [-0.05, 0) is 59.8 Å². The summed E-state index contributed by atoms with van der Waals surface area (Å²) < 4.78 is 13.8. The first-order chi connectivity index (χ1) is 19.9. The molecule has 2 atom stereocenters. The summed E-state index contributed by atoms with van der Waals surface area (Å²) in [6.07, 6.45) is 0.189. The molecule has 2 N–H and O–H groups in total. The van der Waals surface area contributed by atoms with E-state index in [-0.39, 0.29) is 24.1 Å². The molecule has 1 aliphatic rings. The van der Waals surface area contributed by atoms with E-state index in [1.807, 2.05) is 47.8 Å². The quantitative estimate of drug-likeness (QED) is 0.249. The van der Waals surface area contributed by atoms with Crippen molar-refractivity contribution in [1.82, 2.24) is 10.2 Å². The Morgan fingerprint density at radius 1 is 1.00 bits per heavy atom. The Morgan fingerprint density at radius 2 is 1.78 bits per heavy atom. The molecule has 3 amide bonds. The number of halogens is 1. The van der Waals surface area contributed by atoms with Gasteiger partial charge < -0.3 is 10.6 Å². The lowest BCUT2D eigenvalue weighted by molar-refractivity contribution is -0.126. The van der Waals surface area contributed by atoms with E-state index >= 15 is 0 Å². The topological polar surface area (TPSA) is 90.9 Å². The zero-order valence-electron chi connectivity index (χ0n) is 22.1. The highest BCUT2D eigenvalue weighted by atomic mass is 32.2. The van der Waals surface area contributed by atoms with E-state index < -0.39 is 17.1 Å². The molecule has 1 fully saturated rings. The molecule has 0 saturated carbocycles. The van der Waals surface area contributed by atoms with E-state index in [9.17, 15) is 18.8 Å². The van der Waals surface area contributed by atoms with Crippen LogP contribution in [0.4, 0.5) is 15.8 Å². The summed E-state index contributed by atoms with van der Waals surface area (Å²) >= 11 is 2.86. The number of hydrogen-bond acceptors (Lipinski definition) is 6. The minimum absolute atomic E-state index is 0.120. The van der Waals surface area contributed by atoms with Crippen molar-refractivity contribution in [2.75, 3.05) is 5.32 Å². The Morgan fingerprint density at radius 3 is 2.49 bits per heavy atom. The van der Waals surface area contributed by atoms with Crippen molar-refractivity contribution in [2.24, 2.45) is 4.99 Å². The molecule has 0 bridgehead atoms. The maximum Gasteiger partial charge on any atom is 0.246 e. The number of nitrogens with one attached hydrogen (secondary N) is 2. The molecule has 4 aromatic rings. The molecule has 3 aromatic carbocycles. The molecule has 5 rings (SSSR count). The molecule has 1 aromatic heterocycles. The van der Waals surface area contributed by atoms with E-state index in [0.717, 1.165) is 16.0 Å². The van der Waals surface area contributed by atoms with Gasteiger partial charge in [0, 0.05) is 10.6 Å². The van der Waals surface area contributed by atoms with Crippen molar-refractivity contribution in [2.45, 2.75) is 31.2 Å². The molecule has 1 aliphatic heterocycles. The fourth-order valence-corrected chi connectivity index (χ4v) is 6.11. The van der Waals surface area contributed by atoms with Crippen LogP contribution in [0.15, 0.2) is 101 Å². The predicted molar refractivity (Wildman–Crippen MR) is 162 cm³/mol. The number of thiophene rings is 1. The van der Waals surface area contributed by atoms with E-state index in [0.29, 0.717) is 23.1 Å². The van der Waals surface area contributed by atoms with Crippen LogP contribution in [0.2, 0.25) is 0 Å². The lowest BCUT2D eigenvalue weighted by Crippen LogP contribution is -2.42. The number of amides is 3. The molecule has 0 radical (unpaired) electrons. The second-order valence-corrected chi connectivity index (χ2v) is 11.5. The van der Waals surface area contributed by atoms with Gasteiger partial charge in [0.15, 0.2) is 5.17 Å². The first kappa shape index (κ1) is 28.3. The molecule has 208 valence electrons. The largest absolute Gasteiger partial charge is 0.344 e. The van der Waals surface area contributed by atoms with Crippen LogP contribution in [0.3, 0.4) is 0 Å². The zero-order chi connectivity index (χ0) is 28.8. The molecule has 41 heavy (non-hydrogen) atoms.